The van der Waals surface area contributed by atoms with Crippen LogP contribution in [0.1, 0.15) is 36.3 Å². The fourth-order valence-electron chi connectivity index (χ4n) is 3.61. The van der Waals surface area contributed by atoms with Gasteiger partial charge in [0.1, 0.15) is 35.4 Å². The van der Waals surface area contributed by atoms with Crippen molar-refractivity contribution in [2.24, 2.45) is 4.99 Å². The molecule has 1 unspecified atom stereocenters. The Morgan fingerprint density at radius 3 is 3.07 bits per heavy atom. The van der Waals surface area contributed by atoms with Crippen molar-refractivity contribution < 1.29 is 8.81 Å². The van der Waals surface area contributed by atoms with E-state index >= 15 is 0 Å². The van der Waals surface area contributed by atoms with Crippen LogP contribution in [0.2, 0.25) is 0 Å². The number of aliphatic imine (C=N–C) groups is 1. The molecule has 0 saturated heterocycles. The van der Waals surface area contributed by atoms with Crippen LogP contribution in [0.5, 0.6) is 0 Å². The van der Waals surface area contributed by atoms with Crippen LogP contribution in [0, 0.1) is 19.7 Å². The number of hydrogen-bond acceptors (Lipinski definition) is 4. The van der Waals surface area contributed by atoms with Crippen LogP contribution in [-0.4, -0.2) is 33.3 Å². The average molecular weight is 384 g/mol. The number of furan rings is 1. The molecule has 4 rings (SSSR count). The summed E-state index contributed by atoms with van der Waals surface area (Å²) in [4.78, 5) is 9.13. The van der Waals surface area contributed by atoms with Crippen LogP contribution >= 0.6 is 0 Å². The highest BCUT2D eigenvalue weighted by Gasteiger charge is 2.21. The van der Waals surface area contributed by atoms with E-state index in [4.69, 9.17) is 4.42 Å². The summed E-state index contributed by atoms with van der Waals surface area (Å²) in [5.41, 5.74) is 1.61. The molecule has 1 atom stereocenters. The minimum absolute atomic E-state index is 0.234. The summed E-state index contributed by atoms with van der Waals surface area (Å²) in [6, 6.07) is 4.81. The number of nitrogens with one attached hydrogen (secondary N) is 2. The van der Waals surface area contributed by atoms with E-state index in [1.807, 2.05) is 25.5 Å². The second-order valence-corrected chi connectivity index (χ2v) is 7.12. The normalized spacial score (nSPS) is 17.0. The van der Waals surface area contributed by atoms with Crippen molar-refractivity contribution in [2.75, 3.05) is 6.54 Å². The van der Waals surface area contributed by atoms with E-state index in [9.17, 15) is 4.39 Å². The predicted octanol–water partition coefficient (Wildman–Crippen LogP) is 2.85. The molecule has 0 saturated carbocycles. The van der Waals surface area contributed by atoms with Gasteiger partial charge >= 0.3 is 0 Å². The molecular formula is C20H25FN6O. The smallest absolute Gasteiger partial charge is 0.191 e. The van der Waals surface area contributed by atoms with Gasteiger partial charge in [-0.15, -0.1) is 0 Å². The Labute approximate surface area is 163 Å². The van der Waals surface area contributed by atoms with Crippen LogP contribution < -0.4 is 10.6 Å². The van der Waals surface area contributed by atoms with Crippen molar-refractivity contribution in [1.82, 2.24) is 25.4 Å². The van der Waals surface area contributed by atoms with E-state index in [1.54, 1.807) is 6.07 Å². The molecule has 8 heteroatoms. The second-order valence-electron chi connectivity index (χ2n) is 7.12. The third kappa shape index (κ3) is 3.72. The zero-order chi connectivity index (χ0) is 19.7. The molecule has 0 amide bonds. The maximum Gasteiger partial charge on any atom is 0.191 e. The molecule has 1 aliphatic rings. The van der Waals surface area contributed by atoms with Gasteiger partial charge in [-0.05, 0) is 45.4 Å². The van der Waals surface area contributed by atoms with Crippen LogP contribution in [0.25, 0.3) is 11.0 Å². The number of halogens is 1. The summed E-state index contributed by atoms with van der Waals surface area (Å²) in [7, 11) is 0. The largest absolute Gasteiger partial charge is 0.459 e. The Hall–Kier alpha value is -2.90. The first-order valence-corrected chi connectivity index (χ1v) is 9.66. The van der Waals surface area contributed by atoms with Crippen molar-refractivity contribution in [3.05, 3.63) is 47.0 Å². The highest BCUT2D eigenvalue weighted by molar-refractivity contribution is 5.82. The van der Waals surface area contributed by atoms with Gasteiger partial charge in [-0.3, -0.25) is 0 Å². The lowest BCUT2D eigenvalue weighted by Crippen LogP contribution is -2.47. The molecule has 0 spiro atoms. The highest BCUT2D eigenvalue weighted by atomic mass is 19.1. The van der Waals surface area contributed by atoms with E-state index < -0.39 is 0 Å². The summed E-state index contributed by atoms with van der Waals surface area (Å²) < 4.78 is 21.3. The predicted molar refractivity (Wildman–Crippen MR) is 106 cm³/mol. The van der Waals surface area contributed by atoms with Crippen molar-refractivity contribution in [2.45, 2.75) is 52.7 Å². The first-order chi connectivity index (χ1) is 13.5. The molecule has 0 aliphatic carbocycles. The zero-order valence-electron chi connectivity index (χ0n) is 16.4. The number of aryl methyl sites for hydroxylation is 3. The van der Waals surface area contributed by atoms with Crippen LogP contribution in [0.3, 0.4) is 0 Å². The highest BCUT2D eigenvalue weighted by Crippen LogP contribution is 2.26. The van der Waals surface area contributed by atoms with Crippen molar-refractivity contribution >= 4 is 16.9 Å². The van der Waals surface area contributed by atoms with Gasteiger partial charge < -0.3 is 15.1 Å². The van der Waals surface area contributed by atoms with E-state index in [2.05, 4.69) is 25.7 Å². The fraction of sp³-hybridized carbons (Fsp3) is 0.450. The Morgan fingerprint density at radius 2 is 2.25 bits per heavy atom. The summed E-state index contributed by atoms with van der Waals surface area (Å²) in [5.74, 6) is 3.08. The van der Waals surface area contributed by atoms with Crippen molar-refractivity contribution in [1.29, 1.82) is 0 Å². The summed E-state index contributed by atoms with van der Waals surface area (Å²) in [6.45, 7) is 7.80. The lowest BCUT2D eigenvalue weighted by molar-refractivity contribution is 0.392. The molecule has 148 valence electrons. The molecular weight excluding hydrogens is 359 g/mol. The van der Waals surface area contributed by atoms with E-state index in [-0.39, 0.29) is 11.9 Å². The summed E-state index contributed by atoms with van der Waals surface area (Å²) in [5, 5.41) is 12.0. The van der Waals surface area contributed by atoms with Gasteiger partial charge in [0, 0.05) is 30.0 Å². The van der Waals surface area contributed by atoms with Crippen molar-refractivity contribution in [3.8, 4) is 0 Å². The zero-order valence-corrected chi connectivity index (χ0v) is 16.4. The van der Waals surface area contributed by atoms with E-state index in [0.29, 0.717) is 12.1 Å². The van der Waals surface area contributed by atoms with E-state index in [0.717, 1.165) is 60.2 Å². The quantitative estimate of drug-likeness (QED) is 0.534. The van der Waals surface area contributed by atoms with Gasteiger partial charge in [0.15, 0.2) is 5.96 Å². The third-order valence-electron chi connectivity index (χ3n) is 5.03. The molecule has 3 aromatic rings. The Kier molecular flexibility index (Phi) is 5.02. The monoisotopic (exact) mass is 384 g/mol. The molecule has 0 bridgehead atoms. The molecule has 2 aromatic heterocycles. The van der Waals surface area contributed by atoms with E-state index in [1.165, 1.54) is 12.1 Å². The first kappa shape index (κ1) is 18.5. The minimum Gasteiger partial charge on any atom is -0.459 e. The number of benzene rings is 1. The molecule has 1 aromatic carbocycles. The standard InChI is InChI=1S/C20H25FN6O/c1-4-22-20(25-15-6-8-19-24-13(3)26-27(19)11-15)23-10-18-12(2)16-9-14(21)5-7-17(16)28-18/h5,7,9,15H,4,6,8,10-11H2,1-3H3,(H2,22,23,25). The van der Waals surface area contributed by atoms with Gasteiger partial charge in [0.2, 0.25) is 0 Å². The maximum atomic E-state index is 13.5. The molecule has 28 heavy (non-hydrogen) atoms. The molecule has 3 heterocycles. The van der Waals surface area contributed by atoms with Crippen LogP contribution in [-0.2, 0) is 19.5 Å². The lowest BCUT2D eigenvalue weighted by Gasteiger charge is -2.25. The van der Waals surface area contributed by atoms with Crippen LogP contribution in [0.4, 0.5) is 4.39 Å². The van der Waals surface area contributed by atoms with Crippen LogP contribution in [0.15, 0.2) is 27.6 Å². The number of hydrogen-bond donors (Lipinski definition) is 2. The van der Waals surface area contributed by atoms with Gasteiger partial charge in [-0.2, -0.15) is 5.10 Å². The average Bonchev–Trinajstić information content (AvgIpc) is 3.19. The number of fused-ring (bicyclic) bond motifs is 2. The van der Waals surface area contributed by atoms with Crippen molar-refractivity contribution in [3.63, 3.8) is 0 Å². The molecule has 2 N–H and O–H groups in total. The SMILES string of the molecule is CCNC(=NCc1oc2ccc(F)cc2c1C)NC1CCc2nc(C)nn2C1. The summed E-state index contributed by atoms with van der Waals surface area (Å²) in [6.07, 6.45) is 1.87. The molecule has 7 nitrogen and oxygen atoms in total. The molecule has 0 fully saturated rings. The topological polar surface area (TPSA) is 80.3 Å². The third-order valence-corrected chi connectivity index (χ3v) is 5.03. The van der Waals surface area contributed by atoms with Gasteiger partial charge in [0.25, 0.3) is 0 Å². The summed E-state index contributed by atoms with van der Waals surface area (Å²) >= 11 is 0. The number of rotatable bonds is 4. The lowest BCUT2D eigenvalue weighted by atomic mass is 10.1. The number of guanidine groups is 1. The van der Waals surface area contributed by atoms with Gasteiger partial charge in [-0.25, -0.2) is 19.0 Å². The maximum absolute atomic E-state index is 13.5. The fourth-order valence-corrected chi connectivity index (χ4v) is 3.61. The Bertz CT molecular complexity index is 1020. The number of aromatic nitrogens is 3. The minimum atomic E-state index is -0.263. The molecule has 0 radical (unpaired) electrons. The number of nitrogens with zero attached hydrogens (tertiary/aromatic N) is 4. The second kappa shape index (κ2) is 7.61. The Balaban J connectivity index is 1.49. The van der Waals surface area contributed by atoms with Gasteiger partial charge in [-0.1, -0.05) is 0 Å². The van der Waals surface area contributed by atoms with Gasteiger partial charge in [0.05, 0.1) is 6.54 Å². The Morgan fingerprint density at radius 1 is 1.39 bits per heavy atom. The molecule has 1 aliphatic heterocycles. The first-order valence-electron chi connectivity index (χ1n) is 9.66.